The molecule has 1 rings (SSSR count). The lowest BCUT2D eigenvalue weighted by molar-refractivity contribution is -0.128. The molecule has 0 bridgehead atoms. The smallest absolute Gasteiger partial charge is 0.246 e. The first kappa shape index (κ1) is 19.9. The third kappa shape index (κ3) is 6.87. The summed E-state index contributed by atoms with van der Waals surface area (Å²) in [5.74, 6) is 0.511. The third-order valence-electron chi connectivity index (χ3n) is 4.49. The van der Waals surface area contributed by atoms with Crippen LogP contribution in [0.3, 0.4) is 0 Å². The van der Waals surface area contributed by atoms with Crippen molar-refractivity contribution in [3.8, 4) is 0 Å². The predicted molar refractivity (Wildman–Crippen MR) is 91.1 cm³/mol. The molecule has 0 heterocycles. The Labute approximate surface area is 140 Å². The molecule has 1 saturated carbocycles. The minimum atomic E-state index is -0.108. The Morgan fingerprint density at radius 1 is 1.09 bits per heavy atom. The Morgan fingerprint density at radius 2 is 1.65 bits per heavy atom. The van der Waals surface area contributed by atoms with Crippen LogP contribution in [-0.2, 0) is 14.3 Å². The molecular formula is C17H33N3O3. The highest BCUT2D eigenvalue weighted by Crippen LogP contribution is 2.51. The highest BCUT2D eigenvalue weighted by atomic mass is 16.5. The van der Waals surface area contributed by atoms with Gasteiger partial charge in [0.25, 0.3) is 0 Å². The van der Waals surface area contributed by atoms with Gasteiger partial charge in [0, 0.05) is 26.2 Å². The molecule has 2 N–H and O–H groups in total. The Bertz CT molecular complexity index is 393. The summed E-state index contributed by atoms with van der Waals surface area (Å²) in [5.41, 5.74) is -0.108. The number of nitrogens with zero attached hydrogens (tertiary/aromatic N) is 1. The fourth-order valence-corrected chi connectivity index (χ4v) is 2.53. The molecule has 1 aliphatic rings. The Morgan fingerprint density at radius 3 is 2.13 bits per heavy atom. The fraction of sp³-hybridized carbons (Fsp3) is 0.882. The van der Waals surface area contributed by atoms with Gasteiger partial charge in [-0.05, 0) is 39.7 Å². The maximum absolute atomic E-state index is 12.2. The SMILES string of the molecule is CC(C)OCC(=O)NCCN(C)CCNC(=O)C1(C(C)C)CC1. The molecule has 0 atom stereocenters. The molecule has 0 aromatic heterocycles. The van der Waals surface area contributed by atoms with Crippen LogP contribution in [-0.4, -0.2) is 62.7 Å². The zero-order valence-electron chi connectivity index (χ0n) is 15.3. The molecule has 0 aliphatic heterocycles. The summed E-state index contributed by atoms with van der Waals surface area (Å²) in [5, 5.41) is 5.87. The van der Waals surface area contributed by atoms with Gasteiger partial charge in [0.2, 0.25) is 11.8 Å². The molecule has 0 radical (unpaired) electrons. The highest BCUT2D eigenvalue weighted by Gasteiger charge is 2.51. The van der Waals surface area contributed by atoms with Crippen LogP contribution in [0.15, 0.2) is 0 Å². The third-order valence-corrected chi connectivity index (χ3v) is 4.49. The number of carbonyl (C=O) groups is 2. The highest BCUT2D eigenvalue weighted by molar-refractivity contribution is 5.85. The molecular weight excluding hydrogens is 294 g/mol. The van der Waals surface area contributed by atoms with Gasteiger partial charge in [-0.3, -0.25) is 9.59 Å². The van der Waals surface area contributed by atoms with Gasteiger partial charge in [0.05, 0.1) is 11.5 Å². The van der Waals surface area contributed by atoms with E-state index >= 15 is 0 Å². The van der Waals surface area contributed by atoms with E-state index in [0.29, 0.717) is 19.0 Å². The van der Waals surface area contributed by atoms with Crippen LogP contribution in [0.5, 0.6) is 0 Å². The lowest BCUT2D eigenvalue weighted by Gasteiger charge is -2.21. The van der Waals surface area contributed by atoms with Gasteiger partial charge in [-0.1, -0.05) is 13.8 Å². The zero-order chi connectivity index (χ0) is 17.5. The average molecular weight is 327 g/mol. The van der Waals surface area contributed by atoms with E-state index in [1.54, 1.807) is 0 Å². The van der Waals surface area contributed by atoms with Crippen molar-refractivity contribution in [2.24, 2.45) is 11.3 Å². The molecule has 2 amide bonds. The second-order valence-corrected chi connectivity index (χ2v) is 7.08. The summed E-state index contributed by atoms with van der Waals surface area (Å²) in [7, 11) is 1.98. The number of likely N-dealkylation sites (N-methyl/N-ethyl adjacent to an activating group) is 1. The van der Waals surface area contributed by atoms with Crippen molar-refractivity contribution in [1.29, 1.82) is 0 Å². The van der Waals surface area contributed by atoms with E-state index in [1.165, 1.54) is 0 Å². The Balaban J connectivity index is 2.07. The van der Waals surface area contributed by atoms with Gasteiger partial charge in [-0.15, -0.1) is 0 Å². The first-order valence-electron chi connectivity index (χ1n) is 8.63. The van der Waals surface area contributed by atoms with Crippen LogP contribution in [0.1, 0.15) is 40.5 Å². The van der Waals surface area contributed by atoms with E-state index in [2.05, 4.69) is 29.4 Å². The topological polar surface area (TPSA) is 70.7 Å². The van der Waals surface area contributed by atoms with Gasteiger partial charge in [0.1, 0.15) is 6.61 Å². The van der Waals surface area contributed by atoms with Crippen LogP contribution in [0.4, 0.5) is 0 Å². The number of carbonyl (C=O) groups excluding carboxylic acids is 2. The maximum Gasteiger partial charge on any atom is 0.246 e. The molecule has 0 spiro atoms. The van der Waals surface area contributed by atoms with Gasteiger partial charge in [-0.25, -0.2) is 0 Å². The molecule has 0 unspecified atom stereocenters. The molecule has 1 aliphatic carbocycles. The average Bonchev–Trinajstić information content (AvgIpc) is 3.26. The first-order chi connectivity index (χ1) is 10.8. The molecule has 134 valence electrons. The van der Waals surface area contributed by atoms with E-state index in [0.717, 1.165) is 25.9 Å². The second kappa shape index (κ2) is 9.23. The monoisotopic (exact) mass is 327 g/mol. The van der Waals surface area contributed by atoms with Crippen molar-refractivity contribution < 1.29 is 14.3 Å². The van der Waals surface area contributed by atoms with Crippen molar-refractivity contribution in [2.45, 2.75) is 46.6 Å². The van der Waals surface area contributed by atoms with E-state index < -0.39 is 0 Å². The van der Waals surface area contributed by atoms with Crippen LogP contribution in [0.25, 0.3) is 0 Å². The second-order valence-electron chi connectivity index (χ2n) is 7.08. The van der Waals surface area contributed by atoms with Gasteiger partial charge >= 0.3 is 0 Å². The number of hydrogen-bond acceptors (Lipinski definition) is 4. The zero-order valence-corrected chi connectivity index (χ0v) is 15.3. The normalized spacial score (nSPS) is 16.0. The van der Waals surface area contributed by atoms with Gasteiger partial charge in [-0.2, -0.15) is 0 Å². The lowest BCUT2D eigenvalue weighted by atomic mass is 9.91. The lowest BCUT2D eigenvalue weighted by Crippen LogP contribution is -2.41. The fourth-order valence-electron chi connectivity index (χ4n) is 2.53. The maximum atomic E-state index is 12.2. The molecule has 1 fully saturated rings. The van der Waals surface area contributed by atoms with Crippen molar-refractivity contribution >= 4 is 11.8 Å². The largest absolute Gasteiger partial charge is 0.369 e. The van der Waals surface area contributed by atoms with Crippen LogP contribution < -0.4 is 10.6 Å². The summed E-state index contributed by atoms with van der Waals surface area (Å²) in [6.07, 6.45) is 2.08. The molecule has 0 aromatic carbocycles. The summed E-state index contributed by atoms with van der Waals surface area (Å²) in [4.78, 5) is 25.8. The number of nitrogens with one attached hydrogen (secondary N) is 2. The van der Waals surface area contributed by atoms with E-state index in [-0.39, 0.29) is 29.9 Å². The Kier molecular flexibility index (Phi) is 7.99. The van der Waals surface area contributed by atoms with Crippen molar-refractivity contribution in [2.75, 3.05) is 39.8 Å². The van der Waals surface area contributed by atoms with E-state index in [1.807, 2.05) is 20.9 Å². The number of rotatable bonds is 11. The summed E-state index contributed by atoms with van der Waals surface area (Å²) in [6.45, 7) is 10.9. The summed E-state index contributed by atoms with van der Waals surface area (Å²) >= 11 is 0. The standard InChI is InChI=1S/C17H33N3O3/c1-13(2)17(6-7-17)16(22)19-9-11-20(5)10-8-18-15(21)12-23-14(3)4/h13-14H,6-12H2,1-5H3,(H,18,21)(H,19,22). The van der Waals surface area contributed by atoms with Gasteiger partial charge < -0.3 is 20.3 Å². The molecule has 23 heavy (non-hydrogen) atoms. The van der Waals surface area contributed by atoms with E-state index in [9.17, 15) is 9.59 Å². The van der Waals surface area contributed by atoms with Crippen molar-refractivity contribution in [1.82, 2.24) is 15.5 Å². The first-order valence-corrected chi connectivity index (χ1v) is 8.63. The summed E-state index contributed by atoms with van der Waals surface area (Å²) < 4.78 is 5.24. The minimum absolute atomic E-state index is 0.0626. The van der Waals surface area contributed by atoms with Crippen molar-refractivity contribution in [3.63, 3.8) is 0 Å². The van der Waals surface area contributed by atoms with Crippen molar-refractivity contribution in [3.05, 3.63) is 0 Å². The summed E-state index contributed by atoms with van der Waals surface area (Å²) in [6, 6.07) is 0. The van der Waals surface area contributed by atoms with Crippen LogP contribution >= 0.6 is 0 Å². The molecule has 6 heteroatoms. The number of amides is 2. The quantitative estimate of drug-likeness (QED) is 0.594. The number of ether oxygens (including phenoxy) is 1. The Hall–Kier alpha value is -1.14. The van der Waals surface area contributed by atoms with Crippen LogP contribution in [0, 0.1) is 11.3 Å². The minimum Gasteiger partial charge on any atom is -0.369 e. The molecule has 6 nitrogen and oxygen atoms in total. The molecule has 0 saturated heterocycles. The van der Waals surface area contributed by atoms with Crippen LogP contribution in [0.2, 0.25) is 0 Å². The molecule has 0 aromatic rings. The van der Waals surface area contributed by atoms with E-state index in [4.69, 9.17) is 4.74 Å². The predicted octanol–water partition coefficient (Wildman–Crippen LogP) is 1.01. The number of hydrogen-bond donors (Lipinski definition) is 2. The van der Waals surface area contributed by atoms with Gasteiger partial charge in [0.15, 0.2) is 0 Å².